The number of carbonyl (C=O) groups is 1. The van der Waals surface area contributed by atoms with E-state index in [0.717, 1.165) is 12.1 Å². The van der Waals surface area contributed by atoms with Crippen LogP contribution in [0.15, 0.2) is 36.4 Å². The third-order valence-corrected chi connectivity index (χ3v) is 4.16. The fourth-order valence-electron chi connectivity index (χ4n) is 2.55. The highest BCUT2D eigenvalue weighted by Gasteiger charge is 2.18. The van der Waals surface area contributed by atoms with Gasteiger partial charge >= 0.3 is 0 Å². The van der Waals surface area contributed by atoms with Crippen molar-refractivity contribution >= 4 is 28.9 Å². The van der Waals surface area contributed by atoms with E-state index in [2.05, 4.69) is 10.6 Å². The average molecular weight is 392 g/mol. The van der Waals surface area contributed by atoms with Crippen molar-refractivity contribution in [2.24, 2.45) is 0 Å². The summed E-state index contributed by atoms with van der Waals surface area (Å²) in [7, 11) is 0. The van der Waals surface area contributed by atoms with Gasteiger partial charge in [0.1, 0.15) is 0 Å². The smallest absolute Gasteiger partial charge is 0.269 e. The van der Waals surface area contributed by atoms with Crippen molar-refractivity contribution in [1.82, 2.24) is 5.32 Å². The van der Waals surface area contributed by atoms with Gasteiger partial charge in [-0.1, -0.05) is 11.6 Å². The van der Waals surface area contributed by atoms with E-state index in [1.807, 2.05) is 0 Å². The zero-order chi connectivity index (χ0) is 19.2. The number of nitro benzene ring substituents is 1. The number of fused-ring (bicyclic) bond motifs is 1. The summed E-state index contributed by atoms with van der Waals surface area (Å²) in [6.07, 6.45) is 0.751. The molecule has 142 valence electrons. The highest BCUT2D eigenvalue weighted by molar-refractivity contribution is 6.32. The lowest BCUT2D eigenvalue weighted by Crippen LogP contribution is -2.28. The van der Waals surface area contributed by atoms with Crippen LogP contribution in [0.4, 0.5) is 11.4 Å². The minimum atomic E-state index is -0.454. The average Bonchev–Trinajstić information content (AvgIpc) is 2.91. The first kappa shape index (κ1) is 18.8. The van der Waals surface area contributed by atoms with E-state index in [1.165, 1.54) is 12.1 Å². The first-order valence-corrected chi connectivity index (χ1v) is 8.78. The van der Waals surface area contributed by atoms with Crippen molar-refractivity contribution in [1.29, 1.82) is 0 Å². The summed E-state index contributed by atoms with van der Waals surface area (Å²) < 4.78 is 11.1. The molecule has 0 aromatic heterocycles. The van der Waals surface area contributed by atoms with E-state index in [0.29, 0.717) is 48.4 Å². The van der Waals surface area contributed by atoms with Gasteiger partial charge < -0.3 is 20.1 Å². The molecule has 0 aliphatic carbocycles. The number of benzene rings is 2. The summed E-state index contributed by atoms with van der Waals surface area (Å²) in [5.41, 5.74) is 1.15. The van der Waals surface area contributed by atoms with Gasteiger partial charge in [0.2, 0.25) is 0 Å². The van der Waals surface area contributed by atoms with Crippen LogP contribution in [0, 0.1) is 10.1 Å². The number of nitro groups is 1. The molecule has 9 heteroatoms. The quantitative estimate of drug-likeness (QED) is 0.445. The number of rotatable bonds is 6. The second kappa shape index (κ2) is 8.59. The third-order valence-electron chi connectivity index (χ3n) is 3.88. The first-order valence-electron chi connectivity index (χ1n) is 8.40. The van der Waals surface area contributed by atoms with Crippen molar-refractivity contribution in [3.63, 3.8) is 0 Å². The maximum atomic E-state index is 12.3. The van der Waals surface area contributed by atoms with Gasteiger partial charge in [-0.3, -0.25) is 14.9 Å². The number of carbonyl (C=O) groups excluding carboxylic acids is 1. The van der Waals surface area contributed by atoms with E-state index in [-0.39, 0.29) is 11.6 Å². The number of anilines is 1. The van der Waals surface area contributed by atoms with Crippen molar-refractivity contribution in [2.75, 3.05) is 31.6 Å². The summed E-state index contributed by atoms with van der Waals surface area (Å²) in [6, 6.07) is 9.23. The summed E-state index contributed by atoms with van der Waals surface area (Å²) in [6.45, 7) is 1.85. The Hall–Kier alpha value is -3.00. The van der Waals surface area contributed by atoms with Crippen LogP contribution in [0.25, 0.3) is 0 Å². The van der Waals surface area contributed by atoms with Gasteiger partial charge in [-0.05, 0) is 24.3 Å². The van der Waals surface area contributed by atoms with Gasteiger partial charge in [0.15, 0.2) is 11.5 Å². The zero-order valence-corrected chi connectivity index (χ0v) is 15.1. The Morgan fingerprint density at radius 2 is 1.89 bits per heavy atom. The van der Waals surface area contributed by atoms with Crippen LogP contribution in [0.5, 0.6) is 11.5 Å². The Balaban J connectivity index is 1.53. The SMILES string of the molecule is O=C(NCCNc1ccc([N+](=O)[O-])cc1)c1cc(Cl)c2c(c1)OCCCO2. The molecule has 2 aromatic rings. The molecule has 0 unspecified atom stereocenters. The standard InChI is InChI=1S/C18H18ClN3O5/c19-15-10-12(11-16-17(15)27-9-1-8-26-16)18(23)21-7-6-20-13-2-4-14(5-3-13)22(24)25/h2-5,10-11,20H,1,6-9H2,(H,21,23). The Kier molecular flexibility index (Phi) is 5.97. The summed E-state index contributed by atoms with van der Waals surface area (Å²) in [5.74, 6) is 0.651. The van der Waals surface area contributed by atoms with Gasteiger partial charge in [-0.15, -0.1) is 0 Å². The van der Waals surface area contributed by atoms with E-state index in [1.54, 1.807) is 24.3 Å². The molecule has 1 aliphatic rings. The molecule has 1 heterocycles. The second-order valence-corrected chi connectivity index (χ2v) is 6.23. The van der Waals surface area contributed by atoms with Gasteiger partial charge in [0.05, 0.1) is 23.2 Å². The van der Waals surface area contributed by atoms with Gasteiger partial charge in [-0.2, -0.15) is 0 Å². The molecule has 0 bridgehead atoms. The minimum absolute atomic E-state index is 0.0279. The number of hydrogen-bond acceptors (Lipinski definition) is 6. The Labute approximate surface area is 160 Å². The Bertz CT molecular complexity index is 842. The molecule has 1 amide bonds. The van der Waals surface area contributed by atoms with Crippen molar-refractivity contribution < 1.29 is 19.2 Å². The largest absolute Gasteiger partial charge is 0.489 e. The number of nitrogens with zero attached hydrogens (tertiary/aromatic N) is 1. The maximum absolute atomic E-state index is 12.3. The number of non-ortho nitro benzene ring substituents is 1. The van der Waals surface area contributed by atoms with Crippen molar-refractivity contribution in [3.8, 4) is 11.5 Å². The Morgan fingerprint density at radius 1 is 1.15 bits per heavy atom. The third kappa shape index (κ3) is 4.79. The van der Waals surface area contributed by atoms with Crippen molar-refractivity contribution in [3.05, 3.63) is 57.1 Å². The molecule has 8 nitrogen and oxygen atoms in total. The monoisotopic (exact) mass is 391 g/mol. The minimum Gasteiger partial charge on any atom is -0.489 e. The van der Waals surface area contributed by atoms with Gasteiger partial charge in [0.25, 0.3) is 11.6 Å². The van der Waals surface area contributed by atoms with Crippen LogP contribution in [-0.4, -0.2) is 37.1 Å². The molecule has 0 atom stereocenters. The molecular weight excluding hydrogens is 374 g/mol. The lowest BCUT2D eigenvalue weighted by Gasteiger charge is -2.12. The molecule has 0 radical (unpaired) electrons. The van der Waals surface area contributed by atoms with Crippen LogP contribution in [0.2, 0.25) is 5.02 Å². The molecule has 27 heavy (non-hydrogen) atoms. The predicted molar refractivity (Wildman–Crippen MR) is 101 cm³/mol. The molecule has 0 saturated carbocycles. The number of halogens is 1. The number of nitrogens with one attached hydrogen (secondary N) is 2. The summed E-state index contributed by atoms with van der Waals surface area (Å²) >= 11 is 6.20. The second-order valence-electron chi connectivity index (χ2n) is 5.82. The molecule has 1 aliphatic heterocycles. The number of ether oxygens (including phenoxy) is 2. The van der Waals surface area contributed by atoms with Gasteiger partial charge in [-0.25, -0.2) is 0 Å². The number of hydrogen-bond donors (Lipinski definition) is 2. The molecule has 2 N–H and O–H groups in total. The van der Waals surface area contributed by atoms with E-state index in [9.17, 15) is 14.9 Å². The topological polar surface area (TPSA) is 103 Å². The lowest BCUT2D eigenvalue weighted by molar-refractivity contribution is -0.384. The van der Waals surface area contributed by atoms with E-state index in [4.69, 9.17) is 21.1 Å². The molecule has 3 rings (SSSR count). The fraction of sp³-hybridized carbons (Fsp3) is 0.278. The lowest BCUT2D eigenvalue weighted by atomic mass is 10.2. The van der Waals surface area contributed by atoms with Crippen molar-refractivity contribution in [2.45, 2.75) is 6.42 Å². The summed E-state index contributed by atoms with van der Waals surface area (Å²) in [4.78, 5) is 22.5. The van der Waals surface area contributed by atoms with Crippen LogP contribution in [0.3, 0.4) is 0 Å². The van der Waals surface area contributed by atoms with Crippen LogP contribution in [0.1, 0.15) is 16.8 Å². The normalized spacial score (nSPS) is 12.8. The number of amides is 1. The van der Waals surface area contributed by atoms with Crippen LogP contribution < -0.4 is 20.1 Å². The van der Waals surface area contributed by atoms with Crippen LogP contribution in [-0.2, 0) is 0 Å². The molecule has 0 saturated heterocycles. The van der Waals surface area contributed by atoms with Crippen LogP contribution >= 0.6 is 11.6 Å². The van der Waals surface area contributed by atoms with E-state index >= 15 is 0 Å². The van der Waals surface area contributed by atoms with Gasteiger partial charge in [0, 0.05) is 42.9 Å². The fourth-order valence-corrected chi connectivity index (χ4v) is 2.81. The Morgan fingerprint density at radius 3 is 2.63 bits per heavy atom. The van der Waals surface area contributed by atoms with E-state index < -0.39 is 4.92 Å². The highest BCUT2D eigenvalue weighted by Crippen LogP contribution is 2.37. The maximum Gasteiger partial charge on any atom is 0.269 e. The first-order chi connectivity index (χ1) is 13.0. The summed E-state index contributed by atoms with van der Waals surface area (Å²) in [5, 5.41) is 16.8. The predicted octanol–water partition coefficient (Wildman–Crippen LogP) is 3.25. The molecule has 2 aromatic carbocycles. The highest BCUT2D eigenvalue weighted by atomic mass is 35.5. The molecule has 0 fully saturated rings. The molecular formula is C18H18ClN3O5. The molecule has 0 spiro atoms. The zero-order valence-electron chi connectivity index (χ0n) is 14.4.